The Labute approximate surface area is 135 Å². The minimum atomic E-state index is -2.58. The SMILES string of the molecule is C/N=C(\C)O/C=C(\C)c1cccc(-c2ccccc2)c1B(F)F. The Bertz CT molecular complexity index is 727. The number of rotatable bonds is 4. The van der Waals surface area contributed by atoms with E-state index < -0.39 is 7.27 Å². The van der Waals surface area contributed by atoms with Gasteiger partial charge in [0.2, 0.25) is 0 Å². The first-order valence-corrected chi connectivity index (χ1v) is 7.28. The number of hydrogen-bond donors (Lipinski definition) is 0. The van der Waals surface area contributed by atoms with Crippen molar-refractivity contribution in [1.82, 2.24) is 0 Å². The molecule has 0 fully saturated rings. The second kappa shape index (κ2) is 7.72. The molecule has 118 valence electrons. The maximum atomic E-state index is 13.7. The van der Waals surface area contributed by atoms with Crippen molar-refractivity contribution in [1.29, 1.82) is 0 Å². The fraction of sp³-hybridized carbons (Fsp3) is 0.167. The first-order chi connectivity index (χ1) is 11.0. The Kier molecular flexibility index (Phi) is 5.69. The van der Waals surface area contributed by atoms with Crippen LogP contribution >= 0.6 is 0 Å². The lowest BCUT2D eigenvalue weighted by atomic mass is 9.75. The zero-order valence-corrected chi connectivity index (χ0v) is 13.4. The number of hydrogen-bond acceptors (Lipinski definition) is 2. The minimum Gasteiger partial charge on any atom is -0.451 e. The Balaban J connectivity index is 2.53. The number of halogens is 2. The molecule has 2 aromatic rings. The molecule has 0 N–H and O–H groups in total. The second-order valence-electron chi connectivity index (χ2n) is 5.09. The quantitative estimate of drug-likeness (QED) is 0.354. The van der Waals surface area contributed by atoms with Gasteiger partial charge in [-0.15, -0.1) is 0 Å². The molecule has 0 saturated heterocycles. The molecule has 0 aliphatic carbocycles. The summed E-state index contributed by atoms with van der Waals surface area (Å²) in [6.07, 6.45) is 1.46. The Morgan fingerprint density at radius 3 is 2.35 bits per heavy atom. The average Bonchev–Trinajstić information content (AvgIpc) is 2.59. The molecule has 0 aromatic heterocycles. The van der Waals surface area contributed by atoms with E-state index in [4.69, 9.17) is 4.74 Å². The summed E-state index contributed by atoms with van der Waals surface area (Å²) in [5, 5.41) is 0. The van der Waals surface area contributed by atoms with Crippen molar-refractivity contribution < 1.29 is 13.4 Å². The fourth-order valence-corrected chi connectivity index (χ4v) is 2.30. The molecule has 2 rings (SSSR count). The Hall–Kier alpha value is -2.43. The molecule has 2 aromatic carbocycles. The van der Waals surface area contributed by atoms with Gasteiger partial charge in [0, 0.05) is 19.4 Å². The topological polar surface area (TPSA) is 21.6 Å². The van der Waals surface area contributed by atoms with Gasteiger partial charge in [-0.25, -0.2) is 0 Å². The molecule has 0 aliphatic heterocycles. The number of aliphatic imine (C=N–C) groups is 1. The molecule has 0 radical (unpaired) electrons. The summed E-state index contributed by atoms with van der Waals surface area (Å²) in [6, 6.07) is 14.4. The van der Waals surface area contributed by atoms with Crippen LogP contribution in [-0.4, -0.2) is 20.2 Å². The molecule has 0 amide bonds. The van der Waals surface area contributed by atoms with Crippen molar-refractivity contribution in [2.45, 2.75) is 13.8 Å². The largest absolute Gasteiger partial charge is 0.573 e. The van der Waals surface area contributed by atoms with Crippen LogP contribution in [0.2, 0.25) is 0 Å². The average molecular weight is 313 g/mol. The third-order valence-electron chi connectivity index (χ3n) is 3.56. The molecule has 0 aliphatic rings. The summed E-state index contributed by atoms with van der Waals surface area (Å²) in [5.41, 5.74) is 2.42. The number of benzene rings is 2. The van der Waals surface area contributed by atoms with E-state index in [1.165, 1.54) is 6.26 Å². The maximum Gasteiger partial charge on any atom is 0.573 e. The van der Waals surface area contributed by atoms with E-state index in [0.29, 0.717) is 22.6 Å². The lowest BCUT2D eigenvalue weighted by Crippen LogP contribution is -2.27. The molecule has 0 heterocycles. The van der Waals surface area contributed by atoms with Crippen LogP contribution < -0.4 is 5.46 Å². The summed E-state index contributed by atoms with van der Waals surface area (Å²) in [4.78, 5) is 3.88. The number of allylic oxidation sites excluding steroid dienone is 1. The van der Waals surface area contributed by atoms with Gasteiger partial charge in [-0.1, -0.05) is 48.5 Å². The van der Waals surface area contributed by atoms with E-state index >= 15 is 0 Å². The molecule has 0 unspecified atom stereocenters. The van der Waals surface area contributed by atoms with E-state index in [1.54, 1.807) is 39.1 Å². The fourth-order valence-electron chi connectivity index (χ4n) is 2.30. The molecule has 23 heavy (non-hydrogen) atoms. The van der Waals surface area contributed by atoms with Gasteiger partial charge in [0.05, 0.1) is 6.26 Å². The summed E-state index contributed by atoms with van der Waals surface area (Å²) < 4.78 is 32.7. The van der Waals surface area contributed by atoms with Crippen molar-refractivity contribution in [3.8, 4) is 11.1 Å². The smallest absolute Gasteiger partial charge is 0.451 e. The Morgan fingerprint density at radius 1 is 1.04 bits per heavy atom. The summed E-state index contributed by atoms with van der Waals surface area (Å²) >= 11 is 0. The van der Waals surface area contributed by atoms with E-state index in [-0.39, 0.29) is 5.46 Å². The lowest BCUT2D eigenvalue weighted by molar-refractivity contribution is 0.469. The molecule has 0 bridgehead atoms. The van der Waals surface area contributed by atoms with Crippen LogP contribution in [0.25, 0.3) is 16.7 Å². The highest BCUT2D eigenvalue weighted by Gasteiger charge is 2.25. The van der Waals surface area contributed by atoms with Gasteiger partial charge < -0.3 is 4.74 Å². The van der Waals surface area contributed by atoms with Crippen LogP contribution in [0.5, 0.6) is 0 Å². The van der Waals surface area contributed by atoms with E-state index in [1.807, 2.05) is 30.3 Å². The summed E-state index contributed by atoms with van der Waals surface area (Å²) in [6.45, 7) is 3.46. The minimum absolute atomic E-state index is 0.0159. The third-order valence-corrected chi connectivity index (χ3v) is 3.56. The van der Waals surface area contributed by atoms with Gasteiger partial charge in [-0.2, -0.15) is 0 Å². The van der Waals surface area contributed by atoms with Gasteiger partial charge in [0.15, 0.2) is 5.90 Å². The number of nitrogens with zero attached hydrogens (tertiary/aromatic N) is 1. The van der Waals surface area contributed by atoms with E-state index in [9.17, 15) is 8.63 Å². The van der Waals surface area contributed by atoms with Crippen LogP contribution in [0.15, 0.2) is 59.8 Å². The molecule has 0 saturated carbocycles. The lowest BCUT2D eigenvalue weighted by Gasteiger charge is -2.14. The second-order valence-corrected chi connectivity index (χ2v) is 5.09. The monoisotopic (exact) mass is 313 g/mol. The number of ether oxygens (including phenoxy) is 1. The van der Waals surface area contributed by atoms with Crippen LogP contribution in [0.1, 0.15) is 19.4 Å². The van der Waals surface area contributed by atoms with Crippen LogP contribution in [-0.2, 0) is 4.74 Å². The van der Waals surface area contributed by atoms with Crippen LogP contribution in [0, 0.1) is 0 Å². The van der Waals surface area contributed by atoms with Gasteiger partial charge in [0.25, 0.3) is 0 Å². The molecule has 0 spiro atoms. The zero-order chi connectivity index (χ0) is 16.8. The van der Waals surface area contributed by atoms with E-state index in [0.717, 1.165) is 5.56 Å². The summed E-state index contributed by atoms with van der Waals surface area (Å²) in [7, 11) is -0.968. The molecular weight excluding hydrogens is 295 g/mol. The zero-order valence-electron chi connectivity index (χ0n) is 13.4. The highest BCUT2D eigenvalue weighted by Crippen LogP contribution is 2.23. The van der Waals surface area contributed by atoms with Crippen molar-refractivity contribution in [3.05, 3.63) is 60.4 Å². The maximum absolute atomic E-state index is 13.7. The molecule has 5 heteroatoms. The molecule has 2 nitrogen and oxygen atoms in total. The first kappa shape index (κ1) is 16.9. The van der Waals surface area contributed by atoms with Crippen LogP contribution in [0.3, 0.4) is 0 Å². The predicted molar refractivity (Wildman–Crippen MR) is 93.3 cm³/mol. The Morgan fingerprint density at radius 2 is 1.74 bits per heavy atom. The van der Waals surface area contributed by atoms with Crippen molar-refractivity contribution in [2.24, 2.45) is 4.99 Å². The van der Waals surface area contributed by atoms with Crippen molar-refractivity contribution >= 4 is 24.2 Å². The first-order valence-electron chi connectivity index (χ1n) is 7.28. The molecular formula is C18H18BF2NO. The van der Waals surface area contributed by atoms with Crippen LogP contribution in [0.4, 0.5) is 8.63 Å². The summed E-state index contributed by atoms with van der Waals surface area (Å²) in [5.74, 6) is 0.474. The van der Waals surface area contributed by atoms with Gasteiger partial charge in [-0.05, 0) is 29.2 Å². The van der Waals surface area contributed by atoms with Gasteiger partial charge >= 0.3 is 7.27 Å². The standard InChI is InChI=1S/C18H18BF2NO/c1-13(12-23-14(2)22-3)16-10-7-11-17(18(16)19(20)21)15-8-5-4-6-9-15/h4-12H,1-3H3/b13-12+,22-14+. The predicted octanol–water partition coefficient (Wildman–Crippen LogP) is 4.41. The van der Waals surface area contributed by atoms with Gasteiger partial charge in [-0.3, -0.25) is 13.6 Å². The van der Waals surface area contributed by atoms with E-state index in [2.05, 4.69) is 4.99 Å². The molecule has 0 atom stereocenters. The van der Waals surface area contributed by atoms with Crippen molar-refractivity contribution in [2.75, 3.05) is 7.05 Å². The highest BCUT2D eigenvalue weighted by molar-refractivity contribution is 6.63. The van der Waals surface area contributed by atoms with Gasteiger partial charge in [0.1, 0.15) is 0 Å². The highest BCUT2D eigenvalue weighted by atomic mass is 19.2. The normalized spacial score (nSPS) is 12.2. The third kappa shape index (κ3) is 4.06. The van der Waals surface area contributed by atoms with Crippen molar-refractivity contribution in [3.63, 3.8) is 0 Å².